The van der Waals surface area contributed by atoms with Gasteiger partial charge in [0.25, 0.3) is 5.91 Å². The Morgan fingerprint density at radius 2 is 2.44 bits per heavy atom. The van der Waals surface area contributed by atoms with Crippen LogP contribution in [0.25, 0.3) is 0 Å². The molecule has 0 N–H and O–H groups in total. The molecule has 82 valence electrons. The van der Waals surface area contributed by atoms with Gasteiger partial charge in [-0.3, -0.25) is 9.78 Å². The first-order valence-electron chi connectivity index (χ1n) is 5.26. The lowest BCUT2D eigenvalue weighted by Gasteiger charge is -2.29. The van der Waals surface area contributed by atoms with Crippen molar-refractivity contribution in [3.05, 3.63) is 24.3 Å². The summed E-state index contributed by atoms with van der Waals surface area (Å²) in [6.45, 7) is 1.21. The molecule has 1 aliphatic rings. The monoisotopic (exact) mass is 216 g/mol. The van der Waals surface area contributed by atoms with E-state index in [1.54, 1.807) is 4.90 Å². The van der Waals surface area contributed by atoms with E-state index in [-0.39, 0.29) is 11.8 Å². The Labute approximate surface area is 93.7 Å². The molecular formula is C11H12N4O. The van der Waals surface area contributed by atoms with Crippen LogP contribution in [-0.4, -0.2) is 33.9 Å². The van der Waals surface area contributed by atoms with Crippen LogP contribution in [0.3, 0.4) is 0 Å². The number of nitriles is 1. The van der Waals surface area contributed by atoms with Crippen LogP contribution in [0.5, 0.6) is 0 Å². The summed E-state index contributed by atoms with van der Waals surface area (Å²) in [6, 6.07) is 2.21. The SMILES string of the molecule is N#CC1CCCN(C(=O)c2cnccn2)C1. The molecular weight excluding hydrogens is 204 g/mol. The Morgan fingerprint density at radius 3 is 3.12 bits per heavy atom. The van der Waals surface area contributed by atoms with E-state index in [0.29, 0.717) is 18.8 Å². The van der Waals surface area contributed by atoms with Crippen LogP contribution in [0.2, 0.25) is 0 Å². The predicted molar refractivity (Wildman–Crippen MR) is 56.3 cm³/mol. The molecule has 1 unspecified atom stereocenters. The maximum atomic E-state index is 12.0. The van der Waals surface area contributed by atoms with E-state index in [9.17, 15) is 4.79 Å². The lowest BCUT2D eigenvalue weighted by molar-refractivity contribution is 0.0692. The number of nitrogens with zero attached hydrogens (tertiary/aromatic N) is 4. The van der Waals surface area contributed by atoms with Crippen molar-refractivity contribution in [2.24, 2.45) is 5.92 Å². The van der Waals surface area contributed by atoms with Gasteiger partial charge in [0.1, 0.15) is 5.69 Å². The van der Waals surface area contributed by atoms with Gasteiger partial charge in [-0.1, -0.05) is 0 Å². The number of aromatic nitrogens is 2. The molecule has 5 nitrogen and oxygen atoms in total. The third-order valence-corrected chi connectivity index (χ3v) is 2.67. The average molecular weight is 216 g/mol. The molecule has 1 fully saturated rings. The number of likely N-dealkylation sites (tertiary alicyclic amines) is 1. The molecule has 1 amide bonds. The molecule has 0 bridgehead atoms. The Kier molecular flexibility index (Phi) is 3.10. The third kappa shape index (κ3) is 2.16. The van der Waals surface area contributed by atoms with Crippen LogP contribution in [-0.2, 0) is 0 Å². The van der Waals surface area contributed by atoms with Gasteiger partial charge in [0.05, 0.1) is 18.2 Å². The summed E-state index contributed by atoms with van der Waals surface area (Å²) in [4.78, 5) is 21.5. The van der Waals surface area contributed by atoms with Gasteiger partial charge in [-0.2, -0.15) is 5.26 Å². The summed E-state index contributed by atoms with van der Waals surface area (Å²) in [6.07, 6.45) is 6.24. The second kappa shape index (κ2) is 4.71. The average Bonchev–Trinajstić information content (AvgIpc) is 2.39. The van der Waals surface area contributed by atoms with E-state index in [1.807, 2.05) is 0 Å². The number of hydrogen-bond donors (Lipinski definition) is 0. The molecule has 2 rings (SSSR count). The molecule has 1 aromatic rings. The fraction of sp³-hybridized carbons (Fsp3) is 0.455. The van der Waals surface area contributed by atoms with Crippen LogP contribution in [0.15, 0.2) is 18.6 Å². The highest BCUT2D eigenvalue weighted by Crippen LogP contribution is 2.16. The van der Waals surface area contributed by atoms with Crippen molar-refractivity contribution in [1.29, 1.82) is 5.26 Å². The molecule has 5 heteroatoms. The number of carbonyl (C=O) groups is 1. The maximum Gasteiger partial charge on any atom is 0.274 e. The van der Waals surface area contributed by atoms with Crippen molar-refractivity contribution in [3.63, 3.8) is 0 Å². The molecule has 0 saturated carbocycles. The van der Waals surface area contributed by atoms with Gasteiger partial charge in [0, 0.05) is 25.5 Å². The molecule has 1 aromatic heterocycles. The molecule has 0 aromatic carbocycles. The normalized spacial score (nSPS) is 20.2. The minimum absolute atomic E-state index is 0.0469. The van der Waals surface area contributed by atoms with E-state index in [0.717, 1.165) is 12.8 Å². The summed E-state index contributed by atoms with van der Waals surface area (Å²) >= 11 is 0. The highest BCUT2D eigenvalue weighted by atomic mass is 16.2. The van der Waals surface area contributed by atoms with Crippen molar-refractivity contribution < 1.29 is 4.79 Å². The third-order valence-electron chi connectivity index (χ3n) is 2.67. The second-order valence-electron chi connectivity index (χ2n) is 3.81. The van der Waals surface area contributed by atoms with Gasteiger partial charge in [-0.05, 0) is 12.8 Å². The maximum absolute atomic E-state index is 12.0. The van der Waals surface area contributed by atoms with Crippen molar-refractivity contribution in [2.45, 2.75) is 12.8 Å². The van der Waals surface area contributed by atoms with Gasteiger partial charge < -0.3 is 4.90 Å². The standard InChI is InChI=1S/C11H12N4O/c12-6-9-2-1-5-15(8-9)11(16)10-7-13-3-4-14-10/h3-4,7,9H,1-2,5,8H2. The molecule has 0 radical (unpaired) electrons. The van der Waals surface area contributed by atoms with Crippen molar-refractivity contribution in [1.82, 2.24) is 14.9 Å². The van der Waals surface area contributed by atoms with E-state index in [2.05, 4.69) is 16.0 Å². The van der Waals surface area contributed by atoms with Crippen LogP contribution < -0.4 is 0 Å². The molecule has 2 heterocycles. The quantitative estimate of drug-likeness (QED) is 0.697. The molecule has 1 saturated heterocycles. The van der Waals surface area contributed by atoms with Gasteiger partial charge >= 0.3 is 0 Å². The zero-order valence-electron chi connectivity index (χ0n) is 8.83. The van der Waals surface area contributed by atoms with E-state index in [1.165, 1.54) is 18.6 Å². The minimum atomic E-state index is -0.131. The Hall–Kier alpha value is -1.96. The zero-order chi connectivity index (χ0) is 11.4. The van der Waals surface area contributed by atoms with E-state index >= 15 is 0 Å². The Bertz CT molecular complexity index is 412. The summed E-state index contributed by atoms with van der Waals surface area (Å²) < 4.78 is 0. The number of amides is 1. The molecule has 1 atom stereocenters. The number of carbonyl (C=O) groups excluding carboxylic acids is 1. The van der Waals surface area contributed by atoms with E-state index in [4.69, 9.17) is 5.26 Å². The number of piperidine rings is 1. The smallest absolute Gasteiger partial charge is 0.274 e. The Morgan fingerprint density at radius 1 is 1.56 bits per heavy atom. The van der Waals surface area contributed by atoms with Gasteiger partial charge in [0.15, 0.2) is 0 Å². The Balaban J connectivity index is 2.08. The fourth-order valence-electron chi connectivity index (χ4n) is 1.84. The highest BCUT2D eigenvalue weighted by Gasteiger charge is 2.24. The topological polar surface area (TPSA) is 69.9 Å². The van der Waals surface area contributed by atoms with Crippen molar-refractivity contribution >= 4 is 5.91 Å². The van der Waals surface area contributed by atoms with E-state index < -0.39 is 0 Å². The molecule has 16 heavy (non-hydrogen) atoms. The number of hydrogen-bond acceptors (Lipinski definition) is 4. The van der Waals surface area contributed by atoms with Crippen LogP contribution in [0.1, 0.15) is 23.3 Å². The summed E-state index contributed by atoms with van der Waals surface area (Å²) in [5.74, 6) is -0.178. The summed E-state index contributed by atoms with van der Waals surface area (Å²) in [5.41, 5.74) is 0.348. The summed E-state index contributed by atoms with van der Waals surface area (Å²) in [5, 5.41) is 8.85. The summed E-state index contributed by atoms with van der Waals surface area (Å²) in [7, 11) is 0. The molecule has 0 spiro atoms. The molecule has 1 aliphatic heterocycles. The zero-order valence-corrected chi connectivity index (χ0v) is 8.83. The van der Waals surface area contributed by atoms with Crippen LogP contribution in [0.4, 0.5) is 0 Å². The first-order chi connectivity index (χ1) is 7.81. The first kappa shape index (κ1) is 10.6. The fourth-order valence-corrected chi connectivity index (χ4v) is 1.84. The lowest BCUT2D eigenvalue weighted by Crippen LogP contribution is -2.39. The second-order valence-corrected chi connectivity index (χ2v) is 3.81. The van der Waals surface area contributed by atoms with Gasteiger partial charge in [0.2, 0.25) is 0 Å². The van der Waals surface area contributed by atoms with Crippen molar-refractivity contribution in [2.75, 3.05) is 13.1 Å². The van der Waals surface area contributed by atoms with Crippen LogP contribution in [0, 0.1) is 17.2 Å². The lowest BCUT2D eigenvalue weighted by atomic mass is 9.99. The highest BCUT2D eigenvalue weighted by molar-refractivity contribution is 5.92. The van der Waals surface area contributed by atoms with Gasteiger partial charge in [-0.25, -0.2) is 4.98 Å². The predicted octanol–water partition coefficient (Wildman–Crippen LogP) is 0.852. The van der Waals surface area contributed by atoms with Crippen LogP contribution >= 0.6 is 0 Å². The van der Waals surface area contributed by atoms with Gasteiger partial charge in [-0.15, -0.1) is 0 Å². The largest absolute Gasteiger partial charge is 0.336 e. The number of rotatable bonds is 1. The first-order valence-corrected chi connectivity index (χ1v) is 5.26. The van der Waals surface area contributed by atoms with Crippen molar-refractivity contribution in [3.8, 4) is 6.07 Å². The minimum Gasteiger partial charge on any atom is -0.336 e. The molecule has 0 aliphatic carbocycles.